The van der Waals surface area contributed by atoms with E-state index < -0.39 is 10.5 Å². The van der Waals surface area contributed by atoms with Gasteiger partial charge in [0.25, 0.3) is 11.2 Å². The molecule has 7 nitrogen and oxygen atoms in total. The van der Waals surface area contributed by atoms with Crippen LogP contribution in [0, 0.1) is 15.9 Å². The second kappa shape index (κ2) is 5.84. The second-order valence-electron chi connectivity index (χ2n) is 4.86. The quantitative estimate of drug-likeness (QED) is 0.569. The van der Waals surface area contributed by atoms with Gasteiger partial charge in [-0.3, -0.25) is 14.9 Å². The summed E-state index contributed by atoms with van der Waals surface area (Å²) in [6.07, 6.45) is 1.24. The lowest BCUT2D eigenvalue weighted by Crippen LogP contribution is -2.09. The van der Waals surface area contributed by atoms with E-state index in [1.165, 1.54) is 30.6 Å². The Kier molecular flexibility index (Phi) is 3.71. The number of aromatic amines is 1. The van der Waals surface area contributed by atoms with Gasteiger partial charge in [-0.2, -0.15) is 0 Å². The normalized spacial score (nSPS) is 10.7. The third-order valence-corrected chi connectivity index (χ3v) is 3.35. The van der Waals surface area contributed by atoms with E-state index in [9.17, 15) is 19.3 Å². The number of nitro benzene ring substituents is 1. The zero-order valence-electron chi connectivity index (χ0n) is 11.7. The molecule has 0 aliphatic carbocycles. The molecule has 0 amide bonds. The third-order valence-electron chi connectivity index (χ3n) is 3.35. The van der Waals surface area contributed by atoms with Crippen LogP contribution in [0.25, 0.3) is 10.9 Å². The Bertz CT molecular complexity index is 938. The number of nitro groups is 1. The molecular formula is C15H11FN4O3. The highest BCUT2D eigenvalue weighted by Crippen LogP contribution is 2.28. The molecule has 2 N–H and O–H groups in total. The summed E-state index contributed by atoms with van der Waals surface area (Å²) in [6.45, 7) is 0.274. The number of fused-ring (bicyclic) bond motifs is 1. The average Bonchev–Trinajstić information content (AvgIpc) is 2.54. The van der Waals surface area contributed by atoms with Crippen molar-refractivity contribution in [2.45, 2.75) is 6.54 Å². The predicted octanol–water partition coefficient (Wildman–Crippen LogP) is 2.58. The highest BCUT2D eigenvalue weighted by atomic mass is 19.1. The minimum Gasteiger partial charge on any atom is -0.375 e. The predicted molar refractivity (Wildman–Crippen MR) is 82.7 cm³/mol. The molecule has 116 valence electrons. The Hall–Kier alpha value is -3.29. The van der Waals surface area contributed by atoms with Crippen LogP contribution in [0.4, 0.5) is 15.8 Å². The second-order valence-corrected chi connectivity index (χ2v) is 4.86. The van der Waals surface area contributed by atoms with Gasteiger partial charge in [0, 0.05) is 12.6 Å². The number of nitrogens with one attached hydrogen (secondary N) is 2. The minimum atomic E-state index is -0.571. The van der Waals surface area contributed by atoms with E-state index in [-0.39, 0.29) is 29.1 Å². The smallest absolute Gasteiger partial charge is 0.293 e. The molecule has 0 spiro atoms. The molecule has 0 radical (unpaired) electrons. The van der Waals surface area contributed by atoms with Crippen molar-refractivity contribution < 1.29 is 9.31 Å². The third kappa shape index (κ3) is 3.00. The van der Waals surface area contributed by atoms with Gasteiger partial charge in [0.05, 0.1) is 22.2 Å². The summed E-state index contributed by atoms with van der Waals surface area (Å²) in [5, 5.41) is 14.3. The summed E-state index contributed by atoms with van der Waals surface area (Å²) < 4.78 is 12.9. The van der Waals surface area contributed by atoms with Crippen molar-refractivity contribution in [3.8, 4) is 0 Å². The fourth-order valence-corrected chi connectivity index (χ4v) is 2.20. The lowest BCUT2D eigenvalue weighted by atomic mass is 10.1. The Labute approximate surface area is 129 Å². The molecule has 3 aromatic rings. The molecule has 0 saturated heterocycles. The zero-order chi connectivity index (χ0) is 16.4. The Balaban J connectivity index is 1.98. The topological polar surface area (TPSA) is 101 Å². The molecular weight excluding hydrogens is 303 g/mol. The van der Waals surface area contributed by atoms with E-state index in [0.717, 1.165) is 5.56 Å². The molecule has 0 unspecified atom stereocenters. The summed E-state index contributed by atoms with van der Waals surface area (Å²) in [5.74, 6) is -0.353. The van der Waals surface area contributed by atoms with Gasteiger partial charge in [0.15, 0.2) is 0 Å². The Morgan fingerprint density at radius 2 is 2.00 bits per heavy atom. The lowest BCUT2D eigenvalue weighted by molar-refractivity contribution is -0.383. The van der Waals surface area contributed by atoms with Crippen molar-refractivity contribution in [2.75, 3.05) is 5.32 Å². The molecule has 0 saturated carbocycles. The number of rotatable bonds is 4. The number of benzene rings is 2. The number of hydrogen-bond acceptors (Lipinski definition) is 5. The number of aromatic nitrogens is 2. The maximum atomic E-state index is 12.9. The molecule has 0 aliphatic rings. The Morgan fingerprint density at radius 3 is 2.70 bits per heavy atom. The van der Waals surface area contributed by atoms with E-state index in [1.807, 2.05) is 0 Å². The van der Waals surface area contributed by atoms with E-state index >= 15 is 0 Å². The van der Waals surface area contributed by atoms with E-state index in [2.05, 4.69) is 15.3 Å². The van der Waals surface area contributed by atoms with Gasteiger partial charge in [-0.15, -0.1) is 0 Å². The van der Waals surface area contributed by atoms with Gasteiger partial charge in [-0.25, -0.2) is 9.37 Å². The first-order chi connectivity index (χ1) is 11.0. The standard InChI is InChI=1S/C15H11FN4O3/c16-10-3-1-9(2-4-10)7-17-13-6-12-11(5-14(13)20(22)23)15(21)19-8-18-12/h1-6,8,17H,7H2,(H,18,19,21). The monoisotopic (exact) mass is 314 g/mol. The maximum absolute atomic E-state index is 12.9. The summed E-state index contributed by atoms with van der Waals surface area (Å²) in [4.78, 5) is 28.7. The van der Waals surface area contributed by atoms with Gasteiger partial charge in [-0.05, 0) is 23.8 Å². The molecule has 0 fully saturated rings. The van der Waals surface area contributed by atoms with Crippen molar-refractivity contribution >= 4 is 22.3 Å². The highest BCUT2D eigenvalue weighted by molar-refractivity contribution is 5.86. The SMILES string of the molecule is O=c1[nH]cnc2cc(NCc3ccc(F)cc3)c([N+](=O)[O-])cc12. The van der Waals surface area contributed by atoms with Gasteiger partial charge in [0.1, 0.15) is 11.5 Å². The first kappa shape index (κ1) is 14.6. The van der Waals surface area contributed by atoms with Crippen LogP contribution in [-0.4, -0.2) is 14.9 Å². The van der Waals surface area contributed by atoms with Crippen molar-refractivity contribution in [3.05, 3.63) is 74.6 Å². The summed E-state index contributed by atoms with van der Waals surface area (Å²) in [6, 6.07) is 8.43. The zero-order valence-corrected chi connectivity index (χ0v) is 11.7. The molecule has 0 bridgehead atoms. The van der Waals surface area contributed by atoms with E-state index in [0.29, 0.717) is 5.52 Å². The number of anilines is 1. The van der Waals surface area contributed by atoms with Crippen LogP contribution in [0.5, 0.6) is 0 Å². The van der Waals surface area contributed by atoms with Gasteiger partial charge in [0.2, 0.25) is 0 Å². The molecule has 0 atom stereocenters. The largest absolute Gasteiger partial charge is 0.375 e. The molecule has 1 aromatic heterocycles. The van der Waals surface area contributed by atoms with Crippen LogP contribution in [0.15, 0.2) is 47.5 Å². The maximum Gasteiger partial charge on any atom is 0.293 e. The van der Waals surface area contributed by atoms with Crippen LogP contribution in [-0.2, 0) is 6.54 Å². The van der Waals surface area contributed by atoms with Crippen LogP contribution in [0.2, 0.25) is 0 Å². The molecule has 1 heterocycles. The van der Waals surface area contributed by atoms with Crippen LogP contribution in [0.1, 0.15) is 5.56 Å². The van der Waals surface area contributed by atoms with Crippen molar-refractivity contribution in [3.63, 3.8) is 0 Å². The van der Waals surface area contributed by atoms with Gasteiger partial charge in [-0.1, -0.05) is 12.1 Å². The fourth-order valence-electron chi connectivity index (χ4n) is 2.20. The first-order valence-corrected chi connectivity index (χ1v) is 6.69. The van der Waals surface area contributed by atoms with E-state index in [1.54, 1.807) is 12.1 Å². The highest BCUT2D eigenvalue weighted by Gasteiger charge is 2.17. The number of nitrogens with zero attached hydrogens (tertiary/aromatic N) is 2. The number of H-pyrrole nitrogens is 1. The number of hydrogen-bond donors (Lipinski definition) is 2. The number of halogens is 1. The van der Waals surface area contributed by atoms with Crippen molar-refractivity contribution in [1.29, 1.82) is 0 Å². The molecule has 3 rings (SSSR count). The molecule has 2 aromatic carbocycles. The summed E-state index contributed by atoms with van der Waals surface area (Å²) in [5.41, 5.74) is 0.687. The summed E-state index contributed by atoms with van der Waals surface area (Å²) >= 11 is 0. The van der Waals surface area contributed by atoms with Crippen LogP contribution in [0.3, 0.4) is 0 Å². The molecule has 23 heavy (non-hydrogen) atoms. The van der Waals surface area contributed by atoms with Crippen molar-refractivity contribution in [1.82, 2.24) is 9.97 Å². The Morgan fingerprint density at radius 1 is 1.26 bits per heavy atom. The molecule has 8 heteroatoms. The van der Waals surface area contributed by atoms with Crippen LogP contribution < -0.4 is 10.9 Å². The molecule has 0 aliphatic heterocycles. The fraction of sp³-hybridized carbons (Fsp3) is 0.0667. The van der Waals surface area contributed by atoms with Crippen LogP contribution >= 0.6 is 0 Å². The minimum absolute atomic E-state index is 0.145. The first-order valence-electron chi connectivity index (χ1n) is 6.69. The lowest BCUT2D eigenvalue weighted by Gasteiger charge is -2.08. The van der Waals surface area contributed by atoms with E-state index in [4.69, 9.17) is 0 Å². The van der Waals surface area contributed by atoms with Gasteiger partial charge >= 0.3 is 0 Å². The van der Waals surface area contributed by atoms with Gasteiger partial charge < -0.3 is 10.3 Å². The average molecular weight is 314 g/mol. The summed E-state index contributed by atoms with van der Waals surface area (Å²) in [7, 11) is 0. The van der Waals surface area contributed by atoms with Crippen molar-refractivity contribution in [2.24, 2.45) is 0 Å².